The fourth-order valence-electron chi connectivity index (χ4n) is 2.13. The van der Waals surface area contributed by atoms with E-state index in [1.807, 2.05) is 0 Å². The minimum atomic E-state index is -0.149. The number of rotatable bonds is 2. The topological polar surface area (TPSA) is 36.4 Å². The maximum absolute atomic E-state index is 9.63. The van der Waals surface area contributed by atoms with Gasteiger partial charge in [0.25, 0.3) is 0 Å². The van der Waals surface area contributed by atoms with E-state index in [1.165, 1.54) is 5.01 Å². The van der Waals surface area contributed by atoms with Gasteiger partial charge in [-0.15, -0.1) is 11.3 Å². The van der Waals surface area contributed by atoms with Gasteiger partial charge in [-0.3, -0.25) is 4.90 Å². The highest BCUT2D eigenvalue weighted by molar-refractivity contribution is 7.09. The molecule has 2 heterocycles. The third kappa shape index (κ3) is 3.50. The van der Waals surface area contributed by atoms with Gasteiger partial charge in [0.2, 0.25) is 0 Å². The first-order valence-electron chi connectivity index (χ1n) is 6.30. The Bertz CT molecular complexity index is 370. The first-order valence-corrected chi connectivity index (χ1v) is 7.18. The van der Waals surface area contributed by atoms with Crippen molar-refractivity contribution in [1.29, 1.82) is 0 Å². The Balaban J connectivity index is 1.97. The van der Waals surface area contributed by atoms with Gasteiger partial charge in [-0.25, -0.2) is 4.98 Å². The molecule has 1 aromatic heterocycles. The second kappa shape index (κ2) is 5.04. The number of aliphatic hydroxyl groups is 1. The summed E-state index contributed by atoms with van der Waals surface area (Å²) in [5, 5.41) is 13.0. The molecule has 1 atom stereocenters. The van der Waals surface area contributed by atoms with Gasteiger partial charge in [-0.2, -0.15) is 0 Å². The Kier molecular flexibility index (Phi) is 3.85. The number of aliphatic hydroxyl groups excluding tert-OH is 1. The SMILES string of the molecule is CC(C)(C)c1nc(CN2CCC[C@H](O)C2)cs1. The molecular formula is C13H22N2OS. The predicted octanol–water partition coefficient (Wildman–Crippen LogP) is 2.40. The average molecular weight is 254 g/mol. The third-order valence-corrected chi connectivity index (χ3v) is 4.38. The van der Waals surface area contributed by atoms with Crippen molar-refractivity contribution < 1.29 is 5.11 Å². The largest absolute Gasteiger partial charge is 0.392 e. The minimum absolute atomic E-state index is 0.143. The zero-order valence-electron chi connectivity index (χ0n) is 10.9. The van der Waals surface area contributed by atoms with Gasteiger partial charge < -0.3 is 5.11 Å². The maximum atomic E-state index is 9.63. The lowest BCUT2D eigenvalue weighted by Crippen LogP contribution is -2.37. The monoisotopic (exact) mass is 254 g/mol. The highest BCUT2D eigenvalue weighted by Gasteiger charge is 2.21. The van der Waals surface area contributed by atoms with Crippen molar-refractivity contribution in [1.82, 2.24) is 9.88 Å². The van der Waals surface area contributed by atoms with E-state index in [-0.39, 0.29) is 11.5 Å². The molecule has 1 aliphatic heterocycles. The van der Waals surface area contributed by atoms with E-state index >= 15 is 0 Å². The summed E-state index contributed by atoms with van der Waals surface area (Å²) < 4.78 is 0. The van der Waals surface area contributed by atoms with Crippen LogP contribution in [0.4, 0.5) is 0 Å². The third-order valence-electron chi connectivity index (χ3n) is 3.06. The molecule has 0 amide bonds. The lowest BCUT2D eigenvalue weighted by Gasteiger charge is -2.29. The fraction of sp³-hybridized carbons (Fsp3) is 0.769. The zero-order valence-corrected chi connectivity index (χ0v) is 11.8. The van der Waals surface area contributed by atoms with E-state index in [4.69, 9.17) is 4.98 Å². The Labute approximate surface area is 107 Å². The van der Waals surface area contributed by atoms with Crippen LogP contribution < -0.4 is 0 Å². The number of nitrogens with zero attached hydrogens (tertiary/aromatic N) is 2. The van der Waals surface area contributed by atoms with Gasteiger partial charge in [-0.05, 0) is 19.4 Å². The molecule has 3 nitrogen and oxygen atoms in total. The van der Waals surface area contributed by atoms with Crippen molar-refractivity contribution >= 4 is 11.3 Å². The number of β-amino-alcohol motifs (C(OH)–C–C–N with tert-alkyl or cyclic N) is 1. The summed E-state index contributed by atoms with van der Waals surface area (Å²) in [7, 11) is 0. The minimum Gasteiger partial charge on any atom is -0.392 e. The molecule has 0 aromatic carbocycles. The lowest BCUT2D eigenvalue weighted by molar-refractivity contribution is 0.0662. The molecule has 96 valence electrons. The smallest absolute Gasteiger partial charge is 0.0982 e. The summed E-state index contributed by atoms with van der Waals surface area (Å²) in [6.07, 6.45) is 1.89. The molecule has 1 N–H and O–H groups in total. The first kappa shape index (κ1) is 13.0. The Hall–Kier alpha value is -0.450. The highest BCUT2D eigenvalue weighted by Crippen LogP contribution is 2.26. The van der Waals surface area contributed by atoms with Crippen molar-refractivity contribution in [2.24, 2.45) is 0 Å². The number of aromatic nitrogens is 1. The second-order valence-corrected chi connectivity index (χ2v) is 6.78. The number of likely N-dealkylation sites (tertiary alicyclic amines) is 1. The first-order chi connectivity index (χ1) is 7.95. The van der Waals surface area contributed by atoms with E-state index < -0.39 is 0 Å². The molecule has 2 rings (SSSR count). The molecular weight excluding hydrogens is 232 g/mol. The number of hydrogen-bond acceptors (Lipinski definition) is 4. The van der Waals surface area contributed by atoms with E-state index in [2.05, 4.69) is 31.1 Å². The van der Waals surface area contributed by atoms with Gasteiger partial charge >= 0.3 is 0 Å². The van der Waals surface area contributed by atoms with Crippen molar-refractivity contribution in [2.75, 3.05) is 13.1 Å². The summed E-state index contributed by atoms with van der Waals surface area (Å²) in [6, 6.07) is 0. The molecule has 0 radical (unpaired) electrons. The molecule has 17 heavy (non-hydrogen) atoms. The van der Waals surface area contributed by atoms with Gasteiger partial charge in [-0.1, -0.05) is 20.8 Å². The standard InChI is InChI=1S/C13H22N2OS/c1-13(2,3)12-14-10(9-17-12)7-15-6-4-5-11(16)8-15/h9,11,16H,4-8H2,1-3H3/t11-/m0/s1. The van der Waals surface area contributed by atoms with Gasteiger partial charge in [0.1, 0.15) is 0 Å². The van der Waals surface area contributed by atoms with Crippen LogP contribution in [0.2, 0.25) is 0 Å². The Morgan fingerprint density at radius 3 is 2.88 bits per heavy atom. The van der Waals surface area contributed by atoms with E-state index in [1.54, 1.807) is 11.3 Å². The normalized spacial score (nSPS) is 22.9. The molecule has 0 aliphatic carbocycles. The Morgan fingerprint density at radius 2 is 2.29 bits per heavy atom. The fourth-order valence-corrected chi connectivity index (χ4v) is 3.03. The number of hydrogen-bond donors (Lipinski definition) is 1. The van der Waals surface area contributed by atoms with Crippen LogP contribution in [0, 0.1) is 0 Å². The highest BCUT2D eigenvalue weighted by atomic mass is 32.1. The van der Waals surface area contributed by atoms with Gasteiger partial charge in [0.15, 0.2) is 0 Å². The molecule has 1 aliphatic rings. The van der Waals surface area contributed by atoms with Crippen LogP contribution in [0.25, 0.3) is 0 Å². The summed E-state index contributed by atoms with van der Waals surface area (Å²) in [6.45, 7) is 9.34. The van der Waals surface area contributed by atoms with Gasteiger partial charge in [0, 0.05) is 23.9 Å². The van der Waals surface area contributed by atoms with Crippen molar-refractivity contribution in [2.45, 2.75) is 51.7 Å². The summed E-state index contributed by atoms with van der Waals surface area (Å²) in [5.41, 5.74) is 1.29. The van der Waals surface area contributed by atoms with E-state index in [9.17, 15) is 5.11 Å². The summed E-state index contributed by atoms with van der Waals surface area (Å²) in [4.78, 5) is 7.00. The van der Waals surface area contributed by atoms with Crippen LogP contribution in [-0.2, 0) is 12.0 Å². The molecule has 0 bridgehead atoms. The van der Waals surface area contributed by atoms with Crippen molar-refractivity contribution in [3.8, 4) is 0 Å². The van der Waals surface area contributed by atoms with Gasteiger partial charge in [0.05, 0.1) is 16.8 Å². The van der Waals surface area contributed by atoms with E-state index in [0.29, 0.717) is 0 Å². The van der Waals surface area contributed by atoms with Crippen LogP contribution in [0.3, 0.4) is 0 Å². The molecule has 1 aromatic rings. The van der Waals surface area contributed by atoms with Crippen molar-refractivity contribution in [3.05, 3.63) is 16.1 Å². The van der Waals surface area contributed by atoms with E-state index in [0.717, 1.165) is 38.2 Å². The van der Waals surface area contributed by atoms with Crippen LogP contribution in [0.1, 0.15) is 44.3 Å². The summed E-state index contributed by atoms with van der Waals surface area (Å²) >= 11 is 1.75. The van der Waals surface area contributed by atoms with Crippen LogP contribution in [0.15, 0.2) is 5.38 Å². The van der Waals surface area contributed by atoms with Crippen LogP contribution in [0.5, 0.6) is 0 Å². The van der Waals surface area contributed by atoms with Crippen molar-refractivity contribution in [3.63, 3.8) is 0 Å². The molecule has 1 saturated heterocycles. The zero-order chi connectivity index (χ0) is 12.5. The van der Waals surface area contributed by atoms with Crippen LogP contribution >= 0.6 is 11.3 Å². The second-order valence-electron chi connectivity index (χ2n) is 5.93. The average Bonchev–Trinajstić information content (AvgIpc) is 2.65. The molecule has 0 saturated carbocycles. The quantitative estimate of drug-likeness (QED) is 0.880. The number of thiazole rings is 1. The van der Waals surface area contributed by atoms with Crippen LogP contribution in [-0.4, -0.2) is 34.2 Å². The Morgan fingerprint density at radius 1 is 1.53 bits per heavy atom. The summed E-state index contributed by atoms with van der Waals surface area (Å²) in [5.74, 6) is 0. The molecule has 1 fully saturated rings. The predicted molar refractivity (Wildman–Crippen MR) is 71.3 cm³/mol. The number of piperidine rings is 1. The molecule has 0 unspecified atom stereocenters. The molecule has 4 heteroatoms. The lowest BCUT2D eigenvalue weighted by atomic mass is 9.98. The maximum Gasteiger partial charge on any atom is 0.0982 e. The molecule has 0 spiro atoms.